The molecule has 220 valence electrons. The fraction of sp³-hybridized carbons (Fsp3) is 0.364. The van der Waals surface area contributed by atoms with Gasteiger partial charge in [-0.2, -0.15) is 5.26 Å². The molecule has 4 rings (SSSR count). The average Bonchev–Trinajstić information content (AvgIpc) is 2.99. The molecule has 0 atom stereocenters. The molecule has 3 aromatic carbocycles. The molecular formula is C33H37N3O6. The first-order valence-electron chi connectivity index (χ1n) is 14.5. The number of benzene rings is 3. The lowest BCUT2D eigenvalue weighted by Gasteiger charge is -2.29. The average molecular weight is 572 g/mol. The number of carbonyl (C=O) groups excluding carboxylic acids is 2. The molecule has 0 spiro atoms. The smallest absolute Gasteiger partial charge is 0.202 e. The number of anilines is 3. The number of nitrogens with one attached hydrogen (secondary N) is 2. The maximum absolute atomic E-state index is 14.2. The van der Waals surface area contributed by atoms with Crippen molar-refractivity contribution in [2.24, 2.45) is 0 Å². The van der Waals surface area contributed by atoms with Crippen molar-refractivity contribution < 1.29 is 29.3 Å². The lowest BCUT2D eigenvalue weighted by atomic mass is 9.81. The van der Waals surface area contributed by atoms with Gasteiger partial charge in [0.15, 0.2) is 11.5 Å². The third-order valence-electron chi connectivity index (χ3n) is 7.08. The topological polar surface area (TPSA) is 141 Å². The molecule has 0 bridgehead atoms. The second-order valence-electron chi connectivity index (χ2n) is 10.2. The summed E-state index contributed by atoms with van der Waals surface area (Å²) in [6.07, 6.45) is 4.84. The number of ketones is 2. The van der Waals surface area contributed by atoms with E-state index < -0.39 is 23.1 Å². The lowest BCUT2D eigenvalue weighted by molar-refractivity contribution is 0.0967. The second kappa shape index (κ2) is 13.8. The van der Waals surface area contributed by atoms with Crippen LogP contribution < -0.4 is 20.1 Å². The van der Waals surface area contributed by atoms with Crippen LogP contribution in [0.25, 0.3) is 0 Å². The highest BCUT2D eigenvalue weighted by Gasteiger charge is 2.42. The first-order valence-corrected chi connectivity index (χ1v) is 14.5. The number of rotatable bonds is 14. The molecule has 4 N–H and O–H groups in total. The van der Waals surface area contributed by atoms with E-state index in [0.717, 1.165) is 25.7 Å². The molecule has 3 aromatic rings. The Morgan fingerprint density at radius 1 is 0.714 bits per heavy atom. The van der Waals surface area contributed by atoms with Crippen molar-refractivity contribution in [2.75, 3.05) is 30.4 Å². The van der Waals surface area contributed by atoms with Crippen LogP contribution >= 0.6 is 0 Å². The van der Waals surface area contributed by atoms with Crippen molar-refractivity contribution in [3.63, 3.8) is 0 Å². The molecule has 0 aliphatic heterocycles. The van der Waals surface area contributed by atoms with Crippen molar-refractivity contribution in [3.8, 4) is 29.1 Å². The van der Waals surface area contributed by atoms with Crippen molar-refractivity contribution in [3.05, 3.63) is 64.2 Å². The molecule has 9 heteroatoms. The van der Waals surface area contributed by atoms with Crippen LogP contribution in [0.3, 0.4) is 0 Å². The summed E-state index contributed by atoms with van der Waals surface area (Å²) in [6.45, 7) is 7.22. The molecule has 0 aromatic heterocycles. The zero-order chi connectivity index (χ0) is 30.2. The van der Waals surface area contributed by atoms with Crippen LogP contribution in [0.4, 0.5) is 17.1 Å². The minimum atomic E-state index is -0.650. The molecule has 42 heavy (non-hydrogen) atoms. The number of unbranched alkanes of at least 4 members (excludes halogenated alkanes) is 3. The molecule has 0 fully saturated rings. The molecule has 1 aliphatic rings. The van der Waals surface area contributed by atoms with Gasteiger partial charge in [-0.15, -0.1) is 0 Å². The summed E-state index contributed by atoms with van der Waals surface area (Å²) < 4.78 is 12.6. The fourth-order valence-electron chi connectivity index (χ4n) is 4.80. The second-order valence-corrected chi connectivity index (χ2v) is 10.2. The Kier molecular flexibility index (Phi) is 9.92. The molecule has 0 heterocycles. The minimum Gasteiger partial charge on any atom is -0.507 e. The van der Waals surface area contributed by atoms with Gasteiger partial charge < -0.3 is 30.3 Å². The molecular weight excluding hydrogens is 534 g/mol. The number of carbonyl (C=O) groups is 2. The van der Waals surface area contributed by atoms with E-state index in [1.807, 2.05) is 13.8 Å². The van der Waals surface area contributed by atoms with Gasteiger partial charge in [0.05, 0.1) is 47.1 Å². The van der Waals surface area contributed by atoms with E-state index in [1.54, 1.807) is 24.3 Å². The van der Waals surface area contributed by atoms with Gasteiger partial charge in [0.1, 0.15) is 22.9 Å². The van der Waals surface area contributed by atoms with Crippen molar-refractivity contribution in [2.45, 2.75) is 59.3 Å². The number of aromatic hydroxyl groups is 2. The maximum Gasteiger partial charge on any atom is 0.202 e. The van der Waals surface area contributed by atoms with Gasteiger partial charge in [0.25, 0.3) is 0 Å². The molecule has 0 amide bonds. The number of nitrogens with zero attached hydrogens (tertiary/aromatic N) is 1. The first kappa shape index (κ1) is 30.3. The molecule has 0 saturated heterocycles. The number of phenols is 2. The van der Waals surface area contributed by atoms with Gasteiger partial charge >= 0.3 is 0 Å². The summed E-state index contributed by atoms with van der Waals surface area (Å²) in [6, 6.07) is 11.3. The standard InChI is InChI=1S/C33H37N3O6/c1-4-7-16-35-28-29(36-21-12-10-20(19-34)11-13-21)33(42-18-9-6-3)27-26(32(28)41-17-8-5-2)30(39)24-22(37)14-15-23(38)25(24)31(27)40/h10-15,35-38H,4-9,16-18H2,1-3H3. The van der Waals surface area contributed by atoms with E-state index in [1.165, 1.54) is 12.1 Å². The van der Waals surface area contributed by atoms with E-state index in [-0.39, 0.29) is 47.0 Å². The molecule has 0 unspecified atom stereocenters. The third-order valence-corrected chi connectivity index (χ3v) is 7.08. The zero-order valence-corrected chi connectivity index (χ0v) is 24.3. The van der Waals surface area contributed by atoms with Crippen molar-refractivity contribution in [1.29, 1.82) is 5.26 Å². The SMILES string of the molecule is CCCCNc1c(Nc2ccc(C#N)cc2)c(OCCCC)c2c(c1OCCCC)C(=O)c1c(O)ccc(O)c1C2=O. The molecule has 9 nitrogen and oxygen atoms in total. The van der Waals surface area contributed by atoms with Crippen LogP contribution in [0.15, 0.2) is 36.4 Å². The van der Waals surface area contributed by atoms with Crippen molar-refractivity contribution >= 4 is 28.6 Å². The van der Waals surface area contributed by atoms with Gasteiger partial charge in [-0.05, 0) is 55.7 Å². The molecule has 0 radical (unpaired) electrons. The number of hydrogen-bond acceptors (Lipinski definition) is 9. The fourth-order valence-corrected chi connectivity index (χ4v) is 4.80. The van der Waals surface area contributed by atoms with Crippen molar-refractivity contribution in [1.82, 2.24) is 0 Å². The summed E-state index contributed by atoms with van der Waals surface area (Å²) in [5.41, 5.74) is 1.39. The summed E-state index contributed by atoms with van der Waals surface area (Å²) in [5, 5.41) is 37.4. The van der Waals surface area contributed by atoms with Gasteiger partial charge in [0.2, 0.25) is 11.6 Å². The Morgan fingerprint density at radius 3 is 1.69 bits per heavy atom. The zero-order valence-electron chi connectivity index (χ0n) is 24.3. The minimum absolute atomic E-state index is 0.0135. The number of phenolic OH excluding ortho intramolecular Hbond substituents is 2. The van der Waals surface area contributed by atoms with Crippen LogP contribution in [0.5, 0.6) is 23.0 Å². The number of nitriles is 1. The predicted molar refractivity (Wildman–Crippen MR) is 162 cm³/mol. The van der Waals surface area contributed by atoms with Gasteiger partial charge in [0, 0.05) is 12.2 Å². The Bertz CT molecular complexity index is 1510. The van der Waals surface area contributed by atoms with Crippen LogP contribution in [0.1, 0.15) is 96.7 Å². The highest BCUT2D eigenvalue weighted by atomic mass is 16.5. The number of ether oxygens (including phenoxy) is 2. The van der Waals surface area contributed by atoms with Gasteiger partial charge in [-0.25, -0.2) is 0 Å². The van der Waals surface area contributed by atoms with Gasteiger partial charge in [-0.3, -0.25) is 9.59 Å². The maximum atomic E-state index is 14.2. The largest absolute Gasteiger partial charge is 0.507 e. The first-order chi connectivity index (χ1) is 20.4. The Balaban J connectivity index is 2.06. The lowest BCUT2D eigenvalue weighted by Crippen LogP contribution is -2.25. The normalized spacial score (nSPS) is 11.9. The predicted octanol–water partition coefficient (Wildman–Crippen LogP) is 7.06. The van der Waals surface area contributed by atoms with Crippen LogP contribution in [0, 0.1) is 11.3 Å². The van der Waals surface area contributed by atoms with E-state index >= 15 is 0 Å². The molecule has 0 saturated carbocycles. The van der Waals surface area contributed by atoms with E-state index in [2.05, 4.69) is 23.6 Å². The Hall–Kier alpha value is -4.71. The number of hydrogen-bond donors (Lipinski definition) is 4. The van der Waals surface area contributed by atoms with Crippen LogP contribution in [-0.4, -0.2) is 41.5 Å². The van der Waals surface area contributed by atoms with E-state index in [9.17, 15) is 25.1 Å². The summed E-state index contributed by atoms with van der Waals surface area (Å²) in [4.78, 5) is 28.3. The summed E-state index contributed by atoms with van der Waals surface area (Å²) in [5.74, 6) is -1.77. The Labute approximate surface area is 246 Å². The highest BCUT2D eigenvalue weighted by molar-refractivity contribution is 6.33. The third kappa shape index (κ3) is 5.98. The molecule has 1 aliphatic carbocycles. The van der Waals surface area contributed by atoms with Gasteiger partial charge in [-0.1, -0.05) is 40.0 Å². The Morgan fingerprint density at radius 2 is 1.21 bits per heavy atom. The monoisotopic (exact) mass is 571 g/mol. The van der Waals surface area contributed by atoms with E-state index in [0.29, 0.717) is 42.0 Å². The van der Waals surface area contributed by atoms with Crippen LogP contribution in [-0.2, 0) is 0 Å². The summed E-state index contributed by atoms with van der Waals surface area (Å²) >= 11 is 0. The van der Waals surface area contributed by atoms with Crippen LogP contribution in [0.2, 0.25) is 0 Å². The highest BCUT2D eigenvalue weighted by Crippen LogP contribution is 2.52. The quantitative estimate of drug-likeness (QED) is 0.0924. The number of fused-ring (bicyclic) bond motifs is 2. The van der Waals surface area contributed by atoms with E-state index in [4.69, 9.17) is 9.47 Å². The summed E-state index contributed by atoms with van der Waals surface area (Å²) in [7, 11) is 0.